The van der Waals surface area contributed by atoms with E-state index in [4.69, 9.17) is 9.47 Å². The molecule has 6 nitrogen and oxygen atoms in total. The lowest BCUT2D eigenvalue weighted by atomic mass is 9.80. The second kappa shape index (κ2) is 6.74. The minimum absolute atomic E-state index is 0.0595. The predicted octanol–water partition coefficient (Wildman–Crippen LogP) is 1.45. The molecule has 0 bridgehead atoms. The molecular formula is C15H18FNO5. The third kappa shape index (κ3) is 3.36. The van der Waals surface area contributed by atoms with Crippen LogP contribution in [-0.4, -0.2) is 43.9 Å². The monoisotopic (exact) mass is 311 g/mol. The molecule has 0 aromatic heterocycles. The number of halogens is 1. The number of carbonyl (C=O) groups excluding carboxylic acids is 1. The van der Waals surface area contributed by atoms with Gasteiger partial charge in [0.1, 0.15) is 11.6 Å². The van der Waals surface area contributed by atoms with Gasteiger partial charge in [-0.3, -0.25) is 9.59 Å². The van der Waals surface area contributed by atoms with E-state index < -0.39 is 23.1 Å². The topological polar surface area (TPSA) is 84.9 Å². The van der Waals surface area contributed by atoms with Crippen molar-refractivity contribution in [2.75, 3.05) is 26.9 Å². The van der Waals surface area contributed by atoms with Crippen LogP contribution in [-0.2, 0) is 9.53 Å². The van der Waals surface area contributed by atoms with Crippen LogP contribution in [0.5, 0.6) is 5.75 Å². The molecule has 7 heteroatoms. The first-order valence-electron chi connectivity index (χ1n) is 6.91. The highest BCUT2D eigenvalue weighted by Crippen LogP contribution is 2.30. The van der Waals surface area contributed by atoms with Crippen molar-refractivity contribution in [1.82, 2.24) is 5.32 Å². The number of hydrogen-bond donors (Lipinski definition) is 2. The average molecular weight is 311 g/mol. The summed E-state index contributed by atoms with van der Waals surface area (Å²) in [5, 5.41) is 11.9. The van der Waals surface area contributed by atoms with Crippen LogP contribution in [0.25, 0.3) is 0 Å². The maximum atomic E-state index is 13.8. The van der Waals surface area contributed by atoms with Crippen LogP contribution in [0.1, 0.15) is 23.2 Å². The Morgan fingerprint density at radius 2 is 2.09 bits per heavy atom. The third-order valence-electron chi connectivity index (χ3n) is 3.91. The summed E-state index contributed by atoms with van der Waals surface area (Å²) in [5.74, 6) is -2.03. The molecule has 0 radical (unpaired) electrons. The van der Waals surface area contributed by atoms with E-state index in [1.165, 1.54) is 19.2 Å². The van der Waals surface area contributed by atoms with E-state index in [9.17, 15) is 19.1 Å². The summed E-state index contributed by atoms with van der Waals surface area (Å²) in [6.07, 6.45) is 0.626. The second-order valence-corrected chi connectivity index (χ2v) is 5.23. The first-order chi connectivity index (χ1) is 10.5. The number of methoxy groups -OCH3 is 1. The van der Waals surface area contributed by atoms with Gasteiger partial charge in [-0.1, -0.05) is 0 Å². The van der Waals surface area contributed by atoms with Gasteiger partial charge in [0.15, 0.2) is 0 Å². The molecule has 2 rings (SSSR count). The van der Waals surface area contributed by atoms with Crippen LogP contribution >= 0.6 is 0 Å². The van der Waals surface area contributed by atoms with Gasteiger partial charge in [0.2, 0.25) is 0 Å². The Hall–Kier alpha value is -2.15. The van der Waals surface area contributed by atoms with Gasteiger partial charge in [-0.2, -0.15) is 0 Å². The van der Waals surface area contributed by atoms with Gasteiger partial charge in [0, 0.05) is 25.8 Å². The number of carboxylic acids is 1. The summed E-state index contributed by atoms with van der Waals surface area (Å²) in [7, 11) is 1.40. The predicted molar refractivity (Wildman–Crippen MR) is 75.4 cm³/mol. The molecule has 0 unspecified atom stereocenters. The van der Waals surface area contributed by atoms with E-state index in [0.29, 0.717) is 31.8 Å². The third-order valence-corrected chi connectivity index (χ3v) is 3.91. The molecule has 2 N–H and O–H groups in total. The van der Waals surface area contributed by atoms with Crippen molar-refractivity contribution in [2.45, 2.75) is 12.8 Å². The molecule has 1 aromatic rings. The lowest BCUT2D eigenvalue weighted by molar-refractivity contribution is -0.154. The Bertz CT molecular complexity index is 569. The van der Waals surface area contributed by atoms with Crippen molar-refractivity contribution >= 4 is 11.9 Å². The summed E-state index contributed by atoms with van der Waals surface area (Å²) in [4.78, 5) is 23.5. The summed E-state index contributed by atoms with van der Waals surface area (Å²) in [5.41, 5.74) is -1.20. The molecule has 0 aliphatic carbocycles. The van der Waals surface area contributed by atoms with E-state index in [0.717, 1.165) is 6.07 Å². The highest BCUT2D eigenvalue weighted by atomic mass is 19.1. The molecule has 0 spiro atoms. The molecule has 22 heavy (non-hydrogen) atoms. The standard InChI is InChI=1S/C15H18FNO5/c1-21-10-2-3-11(12(16)8-10)13(18)17-9-15(14(19)20)4-6-22-7-5-15/h2-3,8H,4-7,9H2,1H3,(H,17,18)(H,19,20). The number of nitrogens with one attached hydrogen (secondary N) is 1. The van der Waals surface area contributed by atoms with Crippen LogP contribution in [0.4, 0.5) is 4.39 Å². The summed E-state index contributed by atoms with van der Waals surface area (Å²) >= 11 is 0. The molecule has 1 fully saturated rings. The van der Waals surface area contributed by atoms with Crippen LogP contribution < -0.4 is 10.1 Å². The Labute approximate surface area is 127 Å². The van der Waals surface area contributed by atoms with Gasteiger partial charge < -0.3 is 19.9 Å². The number of aliphatic carboxylic acids is 1. The molecule has 1 saturated heterocycles. The largest absolute Gasteiger partial charge is 0.497 e. The molecule has 0 saturated carbocycles. The fourth-order valence-electron chi connectivity index (χ4n) is 2.38. The zero-order valence-corrected chi connectivity index (χ0v) is 12.2. The van der Waals surface area contributed by atoms with Crippen LogP contribution in [0.2, 0.25) is 0 Å². The van der Waals surface area contributed by atoms with Gasteiger partial charge in [-0.15, -0.1) is 0 Å². The van der Waals surface area contributed by atoms with Crippen LogP contribution in [0.15, 0.2) is 18.2 Å². The minimum Gasteiger partial charge on any atom is -0.497 e. The minimum atomic E-state index is -1.06. The van der Waals surface area contributed by atoms with E-state index >= 15 is 0 Å². The first kappa shape index (κ1) is 16.2. The molecule has 120 valence electrons. The van der Waals surface area contributed by atoms with Crippen LogP contribution in [0.3, 0.4) is 0 Å². The SMILES string of the molecule is COc1ccc(C(=O)NCC2(C(=O)O)CCOCC2)c(F)c1. The second-order valence-electron chi connectivity index (χ2n) is 5.23. The summed E-state index contributed by atoms with van der Waals surface area (Å²) < 4.78 is 23.9. The molecule has 1 aliphatic heterocycles. The Balaban J connectivity index is 2.06. The number of benzene rings is 1. The number of ether oxygens (including phenoxy) is 2. The Morgan fingerprint density at radius 1 is 1.41 bits per heavy atom. The Kier molecular flexibility index (Phi) is 4.97. The maximum Gasteiger partial charge on any atom is 0.311 e. The van der Waals surface area contributed by atoms with Crippen molar-refractivity contribution in [3.63, 3.8) is 0 Å². The normalized spacial score (nSPS) is 16.8. The number of carboxylic acid groups (broad SMARTS) is 1. The van der Waals surface area contributed by atoms with E-state index in [2.05, 4.69) is 5.32 Å². The van der Waals surface area contributed by atoms with Crippen molar-refractivity contribution in [1.29, 1.82) is 0 Å². The van der Waals surface area contributed by atoms with Gasteiger partial charge in [0.05, 0.1) is 18.1 Å². The summed E-state index contributed by atoms with van der Waals surface area (Å²) in [6, 6.07) is 3.89. The van der Waals surface area contributed by atoms with Crippen molar-refractivity contribution in [2.24, 2.45) is 5.41 Å². The van der Waals surface area contributed by atoms with Gasteiger partial charge in [0.25, 0.3) is 5.91 Å². The quantitative estimate of drug-likeness (QED) is 0.859. The molecule has 1 amide bonds. The number of rotatable bonds is 5. The highest BCUT2D eigenvalue weighted by molar-refractivity contribution is 5.95. The van der Waals surface area contributed by atoms with Crippen molar-refractivity contribution in [3.8, 4) is 5.75 Å². The smallest absolute Gasteiger partial charge is 0.311 e. The lowest BCUT2D eigenvalue weighted by Gasteiger charge is -2.33. The molecular weight excluding hydrogens is 293 g/mol. The Morgan fingerprint density at radius 3 is 2.64 bits per heavy atom. The van der Waals surface area contributed by atoms with Crippen molar-refractivity contribution < 1.29 is 28.6 Å². The van der Waals surface area contributed by atoms with E-state index in [-0.39, 0.29) is 12.1 Å². The van der Waals surface area contributed by atoms with Gasteiger partial charge in [-0.05, 0) is 25.0 Å². The fraction of sp³-hybridized carbons (Fsp3) is 0.467. The summed E-state index contributed by atoms with van der Waals surface area (Å²) in [6.45, 7) is 0.605. The van der Waals surface area contributed by atoms with E-state index in [1.54, 1.807) is 0 Å². The van der Waals surface area contributed by atoms with Gasteiger partial charge in [-0.25, -0.2) is 4.39 Å². The van der Waals surface area contributed by atoms with Crippen LogP contribution in [0, 0.1) is 11.2 Å². The van der Waals surface area contributed by atoms with Gasteiger partial charge >= 0.3 is 5.97 Å². The van der Waals surface area contributed by atoms with E-state index in [1.807, 2.05) is 0 Å². The molecule has 1 aromatic carbocycles. The fourth-order valence-corrected chi connectivity index (χ4v) is 2.38. The number of hydrogen-bond acceptors (Lipinski definition) is 4. The molecule has 0 atom stereocenters. The molecule has 1 heterocycles. The zero-order valence-electron chi connectivity index (χ0n) is 12.2. The van der Waals surface area contributed by atoms with Crippen molar-refractivity contribution in [3.05, 3.63) is 29.6 Å². The zero-order chi connectivity index (χ0) is 16.2. The maximum absolute atomic E-state index is 13.8. The first-order valence-corrected chi connectivity index (χ1v) is 6.91. The molecule has 1 aliphatic rings. The number of amides is 1. The number of carbonyl (C=O) groups is 2. The average Bonchev–Trinajstić information content (AvgIpc) is 2.53. The lowest BCUT2D eigenvalue weighted by Crippen LogP contribution is -2.46. The highest BCUT2D eigenvalue weighted by Gasteiger charge is 2.40.